The van der Waals surface area contributed by atoms with Gasteiger partial charge in [0.05, 0.1) is 0 Å². The zero-order valence-corrected chi connectivity index (χ0v) is 7.64. The lowest BCUT2D eigenvalue weighted by atomic mass is 10.1. The number of nitrogens with one attached hydrogen (secondary N) is 1. The molecule has 2 unspecified atom stereocenters. The molecule has 1 heteroatoms. The Hall–Kier alpha value is -0.300. The minimum atomic E-state index is 0.784. The standard InChI is InChI=1S/C10H19N/c1-3-4-8-11-10-7-5-6-9(10)2/h3-4,9-11H,5-8H2,1-2H3/b4-3+. The highest BCUT2D eigenvalue weighted by Crippen LogP contribution is 2.24. The van der Waals surface area contributed by atoms with Crippen LogP contribution in [0.5, 0.6) is 0 Å². The molecule has 1 rings (SSSR count). The molecule has 1 saturated carbocycles. The van der Waals surface area contributed by atoms with Crippen LogP contribution in [-0.4, -0.2) is 12.6 Å². The molecule has 1 fully saturated rings. The molecular weight excluding hydrogens is 134 g/mol. The lowest BCUT2D eigenvalue weighted by Crippen LogP contribution is -2.30. The Morgan fingerprint density at radius 2 is 2.27 bits per heavy atom. The minimum Gasteiger partial charge on any atom is -0.310 e. The van der Waals surface area contributed by atoms with Gasteiger partial charge in [-0.25, -0.2) is 0 Å². The van der Waals surface area contributed by atoms with Crippen LogP contribution >= 0.6 is 0 Å². The molecule has 0 spiro atoms. The molecule has 0 heterocycles. The van der Waals surface area contributed by atoms with Crippen LogP contribution in [0.2, 0.25) is 0 Å². The van der Waals surface area contributed by atoms with Gasteiger partial charge in [0.2, 0.25) is 0 Å². The lowest BCUT2D eigenvalue weighted by Gasteiger charge is -2.15. The van der Waals surface area contributed by atoms with E-state index in [9.17, 15) is 0 Å². The van der Waals surface area contributed by atoms with Gasteiger partial charge in [-0.05, 0) is 25.7 Å². The highest BCUT2D eigenvalue weighted by Gasteiger charge is 2.21. The molecule has 0 radical (unpaired) electrons. The van der Waals surface area contributed by atoms with E-state index in [1.54, 1.807) is 0 Å². The average molecular weight is 153 g/mol. The Kier molecular flexibility index (Phi) is 3.64. The monoisotopic (exact) mass is 153 g/mol. The van der Waals surface area contributed by atoms with Crippen molar-refractivity contribution in [2.45, 2.75) is 39.2 Å². The minimum absolute atomic E-state index is 0.784. The molecule has 1 aliphatic carbocycles. The van der Waals surface area contributed by atoms with Crippen LogP contribution in [-0.2, 0) is 0 Å². The van der Waals surface area contributed by atoms with E-state index in [2.05, 4.69) is 31.3 Å². The second kappa shape index (κ2) is 4.55. The molecule has 1 N–H and O–H groups in total. The van der Waals surface area contributed by atoms with Crippen LogP contribution in [0.4, 0.5) is 0 Å². The van der Waals surface area contributed by atoms with Crippen molar-refractivity contribution in [3.8, 4) is 0 Å². The van der Waals surface area contributed by atoms with Crippen LogP contribution in [0.15, 0.2) is 12.2 Å². The van der Waals surface area contributed by atoms with E-state index in [1.807, 2.05) is 0 Å². The van der Waals surface area contributed by atoms with Crippen molar-refractivity contribution in [1.82, 2.24) is 5.32 Å². The lowest BCUT2D eigenvalue weighted by molar-refractivity contribution is 0.445. The van der Waals surface area contributed by atoms with Crippen molar-refractivity contribution in [1.29, 1.82) is 0 Å². The summed E-state index contributed by atoms with van der Waals surface area (Å²) in [6, 6.07) is 0.784. The first-order chi connectivity index (χ1) is 5.34. The highest BCUT2D eigenvalue weighted by molar-refractivity contribution is 4.85. The second-order valence-electron chi connectivity index (χ2n) is 3.49. The van der Waals surface area contributed by atoms with E-state index < -0.39 is 0 Å². The van der Waals surface area contributed by atoms with Gasteiger partial charge in [0.25, 0.3) is 0 Å². The van der Waals surface area contributed by atoms with Gasteiger partial charge in [0.15, 0.2) is 0 Å². The maximum Gasteiger partial charge on any atom is 0.0137 e. The van der Waals surface area contributed by atoms with Crippen molar-refractivity contribution in [3.63, 3.8) is 0 Å². The predicted octanol–water partition coefficient (Wildman–Crippen LogP) is 2.34. The zero-order chi connectivity index (χ0) is 8.10. The third-order valence-corrected chi connectivity index (χ3v) is 2.60. The van der Waals surface area contributed by atoms with Crippen molar-refractivity contribution in [2.75, 3.05) is 6.54 Å². The quantitative estimate of drug-likeness (QED) is 0.614. The molecule has 0 aromatic carbocycles. The molecule has 0 aromatic rings. The first-order valence-electron chi connectivity index (χ1n) is 4.69. The summed E-state index contributed by atoms with van der Waals surface area (Å²) < 4.78 is 0. The molecule has 0 aliphatic heterocycles. The van der Waals surface area contributed by atoms with E-state index in [0.29, 0.717) is 0 Å². The zero-order valence-electron chi connectivity index (χ0n) is 7.64. The number of hydrogen-bond donors (Lipinski definition) is 1. The Balaban J connectivity index is 2.15. The molecule has 0 amide bonds. The third-order valence-electron chi connectivity index (χ3n) is 2.60. The van der Waals surface area contributed by atoms with Crippen LogP contribution < -0.4 is 5.32 Å². The average Bonchev–Trinajstić information content (AvgIpc) is 2.37. The van der Waals surface area contributed by atoms with Gasteiger partial charge in [0, 0.05) is 12.6 Å². The fraction of sp³-hybridized carbons (Fsp3) is 0.800. The summed E-state index contributed by atoms with van der Waals surface area (Å²) in [5.41, 5.74) is 0. The van der Waals surface area contributed by atoms with Crippen LogP contribution in [0.25, 0.3) is 0 Å². The fourth-order valence-corrected chi connectivity index (χ4v) is 1.79. The number of allylic oxidation sites excluding steroid dienone is 1. The summed E-state index contributed by atoms with van der Waals surface area (Å²) >= 11 is 0. The van der Waals surface area contributed by atoms with Gasteiger partial charge >= 0.3 is 0 Å². The third kappa shape index (κ3) is 2.66. The van der Waals surface area contributed by atoms with Gasteiger partial charge in [-0.3, -0.25) is 0 Å². The van der Waals surface area contributed by atoms with E-state index in [1.165, 1.54) is 19.3 Å². The smallest absolute Gasteiger partial charge is 0.0137 e. The summed E-state index contributed by atoms with van der Waals surface area (Å²) in [5, 5.41) is 3.55. The maximum absolute atomic E-state index is 3.55. The molecule has 0 saturated heterocycles. The number of hydrogen-bond acceptors (Lipinski definition) is 1. The molecule has 1 nitrogen and oxygen atoms in total. The number of rotatable bonds is 3. The Labute approximate surface area is 69.9 Å². The molecular formula is C10H19N. The predicted molar refractivity (Wildman–Crippen MR) is 49.6 cm³/mol. The SMILES string of the molecule is C/C=C/CNC1CCCC1C. The maximum atomic E-state index is 3.55. The topological polar surface area (TPSA) is 12.0 Å². The fourth-order valence-electron chi connectivity index (χ4n) is 1.79. The van der Waals surface area contributed by atoms with Gasteiger partial charge in [-0.2, -0.15) is 0 Å². The van der Waals surface area contributed by atoms with Crippen molar-refractivity contribution in [2.24, 2.45) is 5.92 Å². The van der Waals surface area contributed by atoms with Crippen molar-refractivity contribution < 1.29 is 0 Å². The molecule has 64 valence electrons. The molecule has 1 aliphatic rings. The Morgan fingerprint density at radius 1 is 1.45 bits per heavy atom. The van der Waals surface area contributed by atoms with Gasteiger partial charge in [0.1, 0.15) is 0 Å². The van der Waals surface area contributed by atoms with Crippen molar-refractivity contribution >= 4 is 0 Å². The largest absolute Gasteiger partial charge is 0.310 e. The summed E-state index contributed by atoms with van der Waals surface area (Å²) in [6.45, 7) is 5.46. The van der Waals surface area contributed by atoms with Crippen LogP contribution in [0.3, 0.4) is 0 Å². The normalized spacial score (nSPS) is 31.8. The first kappa shape index (κ1) is 8.79. The molecule has 2 atom stereocenters. The summed E-state index contributed by atoms with van der Waals surface area (Å²) in [5.74, 6) is 0.889. The van der Waals surface area contributed by atoms with E-state index in [-0.39, 0.29) is 0 Å². The van der Waals surface area contributed by atoms with Gasteiger partial charge in [-0.15, -0.1) is 0 Å². The van der Waals surface area contributed by atoms with Crippen LogP contribution in [0, 0.1) is 5.92 Å². The second-order valence-corrected chi connectivity index (χ2v) is 3.49. The van der Waals surface area contributed by atoms with E-state index >= 15 is 0 Å². The van der Waals surface area contributed by atoms with Gasteiger partial charge in [-0.1, -0.05) is 25.5 Å². The Bertz CT molecular complexity index is 129. The summed E-state index contributed by atoms with van der Waals surface area (Å²) in [7, 11) is 0. The van der Waals surface area contributed by atoms with E-state index in [0.717, 1.165) is 18.5 Å². The first-order valence-corrected chi connectivity index (χ1v) is 4.69. The highest BCUT2D eigenvalue weighted by atomic mass is 14.9. The molecule has 0 bridgehead atoms. The van der Waals surface area contributed by atoms with Crippen molar-refractivity contribution in [3.05, 3.63) is 12.2 Å². The summed E-state index contributed by atoms with van der Waals surface area (Å²) in [6.07, 6.45) is 8.48. The summed E-state index contributed by atoms with van der Waals surface area (Å²) in [4.78, 5) is 0. The molecule has 0 aromatic heterocycles. The Morgan fingerprint density at radius 3 is 2.82 bits per heavy atom. The van der Waals surface area contributed by atoms with Gasteiger partial charge < -0.3 is 5.32 Å². The molecule has 11 heavy (non-hydrogen) atoms. The van der Waals surface area contributed by atoms with E-state index in [4.69, 9.17) is 0 Å². The van der Waals surface area contributed by atoms with Crippen LogP contribution in [0.1, 0.15) is 33.1 Å².